The number of carbonyl (C=O) groups is 1. The van der Waals surface area contributed by atoms with Crippen molar-refractivity contribution < 1.29 is 9.53 Å². The molecule has 0 aliphatic carbocycles. The van der Waals surface area contributed by atoms with Crippen molar-refractivity contribution >= 4 is 23.4 Å². The highest BCUT2D eigenvalue weighted by Gasteiger charge is 2.09. The highest BCUT2D eigenvalue weighted by molar-refractivity contribution is 5.90. The van der Waals surface area contributed by atoms with E-state index in [-0.39, 0.29) is 0 Å². The normalized spacial score (nSPS) is 10.4. The van der Waals surface area contributed by atoms with Gasteiger partial charge in [-0.3, -0.25) is 0 Å². The van der Waals surface area contributed by atoms with Crippen LogP contribution in [0.2, 0.25) is 0 Å². The fourth-order valence-electron chi connectivity index (χ4n) is 1.73. The SMILES string of the molecule is COC(=O)c1ccn2nc(Nc3ccccn3)nc2c1. The second-order valence-corrected chi connectivity index (χ2v) is 3.99. The van der Waals surface area contributed by atoms with Gasteiger partial charge in [-0.15, -0.1) is 5.10 Å². The minimum absolute atomic E-state index is 0.408. The molecule has 3 rings (SSSR count). The summed E-state index contributed by atoms with van der Waals surface area (Å²) in [5.74, 6) is 0.650. The van der Waals surface area contributed by atoms with Crippen LogP contribution < -0.4 is 5.32 Å². The molecule has 0 spiro atoms. The molecule has 1 N–H and O–H groups in total. The van der Waals surface area contributed by atoms with Gasteiger partial charge in [-0.1, -0.05) is 6.07 Å². The lowest BCUT2D eigenvalue weighted by molar-refractivity contribution is 0.0600. The molecule has 100 valence electrons. The third kappa shape index (κ3) is 2.28. The van der Waals surface area contributed by atoms with Crippen LogP contribution in [0.3, 0.4) is 0 Å². The lowest BCUT2D eigenvalue weighted by Crippen LogP contribution is -2.02. The number of methoxy groups -OCH3 is 1. The molecule has 0 fully saturated rings. The van der Waals surface area contributed by atoms with Gasteiger partial charge in [-0.2, -0.15) is 4.98 Å². The minimum atomic E-state index is -0.408. The van der Waals surface area contributed by atoms with Gasteiger partial charge in [0, 0.05) is 12.4 Å². The van der Waals surface area contributed by atoms with E-state index < -0.39 is 5.97 Å². The van der Waals surface area contributed by atoms with Gasteiger partial charge < -0.3 is 10.1 Å². The smallest absolute Gasteiger partial charge is 0.338 e. The molecule has 0 aliphatic rings. The Morgan fingerprint density at radius 2 is 2.25 bits per heavy atom. The number of hydrogen-bond acceptors (Lipinski definition) is 6. The first-order valence-electron chi connectivity index (χ1n) is 5.89. The number of rotatable bonds is 3. The van der Waals surface area contributed by atoms with Gasteiger partial charge in [0.1, 0.15) is 5.82 Å². The number of aromatic nitrogens is 4. The molecule has 7 nitrogen and oxygen atoms in total. The molecular formula is C13H11N5O2. The fraction of sp³-hybridized carbons (Fsp3) is 0.0769. The Morgan fingerprint density at radius 3 is 3.00 bits per heavy atom. The number of anilines is 2. The summed E-state index contributed by atoms with van der Waals surface area (Å²) in [5.41, 5.74) is 0.975. The molecule has 0 aromatic carbocycles. The van der Waals surface area contributed by atoms with Crippen molar-refractivity contribution in [2.45, 2.75) is 0 Å². The predicted octanol–water partition coefficient (Wildman–Crippen LogP) is 1.65. The van der Waals surface area contributed by atoms with Crippen LogP contribution in [0.25, 0.3) is 5.65 Å². The lowest BCUT2D eigenvalue weighted by atomic mass is 10.3. The van der Waals surface area contributed by atoms with Crippen molar-refractivity contribution in [1.29, 1.82) is 0 Å². The van der Waals surface area contributed by atoms with Gasteiger partial charge in [0.05, 0.1) is 12.7 Å². The molecule has 0 atom stereocenters. The van der Waals surface area contributed by atoms with Gasteiger partial charge in [0.2, 0.25) is 5.95 Å². The maximum absolute atomic E-state index is 11.4. The van der Waals surface area contributed by atoms with Gasteiger partial charge in [0.15, 0.2) is 5.65 Å². The van der Waals surface area contributed by atoms with E-state index in [1.807, 2.05) is 18.2 Å². The van der Waals surface area contributed by atoms with E-state index >= 15 is 0 Å². The van der Waals surface area contributed by atoms with Crippen molar-refractivity contribution in [2.75, 3.05) is 12.4 Å². The Labute approximate surface area is 114 Å². The van der Waals surface area contributed by atoms with Crippen LogP contribution in [0, 0.1) is 0 Å². The Balaban J connectivity index is 1.92. The number of esters is 1. The summed E-state index contributed by atoms with van der Waals surface area (Å²) in [5, 5.41) is 7.22. The highest BCUT2D eigenvalue weighted by Crippen LogP contribution is 2.12. The number of fused-ring (bicyclic) bond motifs is 1. The molecule has 0 saturated carbocycles. The van der Waals surface area contributed by atoms with E-state index in [0.29, 0.717) is 23.0 Å². The molecule has 0 bridgehead atoms. The molecule has 3 aromatic rings. The van der Waals surface area contributed by atoms with E-state index in [2.05, 4.69) is 25.1 Å². The number of pyridine rings is 2. The molecule has 0 amide bonds. The molecule has 3 aromatic heterocycles. The van der Waals surface area contributed by atoms with Crippen molar-refractivity contribution in [3.8, 4) is 0 Å². The van der Waals surface area contributed by atoms with Crippen LogP contribution in [-0.2, 0) is 4.74 Å². The molecular weight excluding hydrogens is 258 g/mol. The molecule has 7 heteroatoms. The van der Waals surface area contributed by atoms with E-state index in [1.54, 1.807) is 29.0 Å². The second kappa shape index (κ2) is 4.96. The van der Waals surface area contributed by atoms with E-state index in [1.165, 1.54) is 7.11 Å². The van der Waals surface area contributed by atoms with Crippen LogP contribution in [0.15, 0.2) is 42.7 Å². The van der Waals surface area contributed by atoms with Crippen LogP contribution in [0.5, 0.6) is 0 Å². The van der Waals surface area contributed by atoms with Crippen LogP contribution in [0.1, 0.15) is 10.4 Å². The summed E-state index contributed by atoms with van der Waals surface area (Å²) in [7, 11) is 1.34. The van der Waals surface area contributed by atoms with Gasteiger partial charge >= 0.3 is 5.97 Å². The molecule has 0 unspecified atom stereocenters. The van der Waals surface area contributed by atoms with Crippen LogP contribution in [0.4, 0.5) is 11.8 Å². The maximum atomic E-state index is 11.4. The molecule has 0 aliphatic heterocycles. The Kier molecular flexibility index (Phi) is 3.00. The third-order valence-electron chi connectivity index (χ3n) is 2.66. The zero-order chi connectivity index (χ0) is 13.9. The minimum Gasteiger partial charge on any atom is -0.465 e. The van der Waals surface area contributed by atoms with Crippen molar-refractivity contribution in [3.63, 3.8) is 0 Å². The van der Waals surface area contributed by atoms with Crippen LogP contribution in [-0.4, -0.2) is 32.7 Å². The average Bonchev–Trinajstić information content (AvgIpc) is 2.88. The maximum Gasteiger partial charge on any atom is 0.338 e. The third-order valence-corrected chi connectivity index (χ3v) is 2.66. The van der Waals surface area contributed by atoms with E-state index in [9.17, 15) is 4.79 Å². The first-order valence-corrected chi connectivity index (χ1v) is 5.89. The average molecular weight is 269 g/mol. The molecule has 20 heavy (non-hydrogen) atoms. The zero-order valence-electron chi connectivity index (χ0n) is 10.6. The van der Waals surface area contributed by atoms with E-state index in [4.69, 9.17) is 0 Å². The number of hydrogen-bond donors (Lipinski definition) is 1. The lowest BCUT2D eigenvalue weighted by Gasteiger charge is -1.97. The highest BCUT2D eigenvalue weighted by atomic mass is 16.5. The zero-order valence-corrected chi connectivity index (χ0v) is 10.6. The van der Waals surface area contributed by atoms with Crippen molar-refractivity contribution in [1.82, 2.24) is 19.6 Å². The summed E-state index contributed by atoms with van der Waals surface area (Å²) in [6.45, 7) is 0. The summed E-state index contributed by atoms with van der Waals surface area (Å²) >= 11 is 0. The van der Waals surface area contributed by atoms with Crippen LogP contribution >= 0.6 is 0 Å². The second-order valence-electron chi connectivity index (χ2n) is 3.99. The first kappa shape index (κ1) is 12.1. The molecule has 3 heterocycles. The molecule has 0 saturated heterocycles. The number of carbonyl (C=O) groups excluding carboxylic acids is 1. The monoisotopic (exact) mass is 269 g/mol. The van der Waals surface area contributed by atoms with E-state index in [0.717, 1.165) is 0 Å². The summed E-state index contributed by atoms with van der Waals surface area (Å²) in [6, 6.07) is 8.73. The number of nitrogens with one attached hydrogen (secondary N) is 1. The number of nitrogens with zero attached hydrogens (tertiary/aromatic N) is 4. The fourth-order valence-corrected chi connectivity index (χ4v) is 1.73. The quantitative estimate of drug-likeness (QED) is 0.728. The Bertz CT molecular complexity index is 754. The Morgan fingerprint density at radius 1 is 1.35 bits per heavy atom. The topological polar surface area (TPSA) is 81.4 Å². The Hall–Kier alpha value is -2.96. The van der Waals surface area contributed by atoms with Gasteiger partial charge in [-0.05, 0) is 24.3 Å². The summed E-state index contributed by atoms with van der Waals surface area (Å²) in [4.78, 5) is 19.9. The standard InChI is InChI=1S/C13H11N5O2/c1-20-12(19)9-5-7-18-11(8-9)16-13(17-18)15-10-4-2-3-6-14-10/h2-8H,1H3,(H,14,15,17). The van der Waals surface area contributed by atoms with Crippen molar-refractivity contribution in [2.24, 2.45) is 0 Å². The molecule has 0 radical (unpaired) electrons. The summed E-state index contributed by atoms with van der Waals surface area (Å²) < 4.78 is 6.23. The predicted molar refractivity (Wildman–Crippen MR) is 71.8 cm³/mol. The van der Waals surface area contributed by atoms with Gasteiger partial charge in [-0.25, -0.2) is 14.3 Å². The summed E-state index contributed by atoms with van der Waals surface area (Å²) in [6.07, 6.45) is 3.33. The first-order chi connectivity index (χ1) is 9.76. The van der Waals surface area contributed by atoms with Gasteiger partial charge in [0.25, 0.3) is 0 Å². The largest absolute Gasteiger partial charge is 0.465 e. The van der Waals surface area contributed by atoms with Crippen molar-refractivity contribution in [3.05, 3.63) is 48.3 Å². The number of ether oxygens (including phenoxy) is 1.